The molecule has 0 aliphatic heterocycles. The van der Waals surface area contributed by atoms with Crippen molar-refractivity contribution in [2.75, 3.05) is 0 Å². The first-order chi connectivity index (χ1) is 5.40. The second-order valence-corrected chi connectivity index (χ2v) is 2.93. The minimum absolute atomic E-state index is 0.765. The predicted octanol–water partition coefficient (Wildman–Crippen LogP) is 0.890. The summed E-state index contributed by atoms with van der Waals surface area (Å²) in [5.41, 5.74) is 2.52. The largest absolute Gasteiger partial charge is 0.556 e. The minimum atomic E-state index is 0.765. The van der Waals surface area contributed by atoms with Crippen LogP contribution in [0.1, 0.15) is 11.1 Å². The molecule has 1 aliphatic rings. The summed E-state index contributed by atoms with van der Waals surface area (Å²) in [7, 11) is 0.765. The first-order valence-electron chi connectivity index (χ1n) is 3.59. The SMILES string of the molecule is [SiH3]OC1=Cc2ccccc2[CH]1. The Morgan fingerprint density at radius 3 is 2.45 bits per heavy atom. The van der Waals surface area contributed by atoms with Gasteiger partial charge >= 0.3 is 0 Å². The van der Waals surface area contributed by atoms with E-state index in [1.807, 2.05) is 12.1 Å². The Bertz CT molecular complexity index is 304. The highest BCUT2D eigenvalue weighted by Gasteiger charge is 2.10. The maximum absolute atomic E-state index is 5.24. The molecule has 0 saturated carbocycles. The quantitative estimate of drug-likeness (QED) is 0.556. The van der Waals surface area contributed by atoms with Gasteiger partial charge < -0.3 is 4.43 Å². The molecule has 0 atom stereocenters. The van der Waals surface area contributed by atoms with Crippen LogP contribution in [0.3, 0.4) is 0 Å². The van der Waals surface area contributed by atoms with E-state index in [1.165, 1.54) is 11.1 Å². The molecule has 1 aliphatic carbocycles. The molecule has 0 fully saturated rings. The van der Waals surface area contributed by atoms with E-state index in [1.54, 1.807) is 0 Å². The molecule has 0 N–H and O–H groups in total. The molecule has 1 nitrogen and oxygen atoms in total. The van der Waals surface area contributed by atoms with E-state index in [0.29, 0.717) is 0 Å². The fraction of sp³-hybridized carbons (Fsp3) is 0. The summed E-state index contributed by atoms with van der Waals surface area (Å²) in [6.45, 7) is 0. The standard InChI is InChI=1S/C9H9OSi/c11-10-9-5-7-3-1-2-4-8(7)6-9/h1-6H,11H3. The van der Waals surface area contributed by atoms with E-state index in [-0.39, 0.29) is 0 Å². The molecule has 1 aromatic rings. The van der Waals surface area contributed by atoms with Gasteiger partial charge in [0, 0.05) is 0 Å². The van der Waals surface area contributed by atoms with E-state index >= 15 is 0 Å². The molecule has 0 heterocycles. The Labute approximate surface area is 69.2 Å². The zero-order chi connectivity index (χ0) is 7.68. The summed E-state index contributed by atoms with van der Waals surface area (Å²) >= 11 is 0. The van der Waals surface area contributed by atoms with Gasteiger partial charge in [0.25, 0.3) is 0 Å². The van der Waals surface area contributed by atoms with Crippen molar-refractivity contribution in [2.24, 2.45) is 0 Å². The number of hydrogen-bond acceptors (Lipinski definition) is 1. The monoisotopic (exact) mass is 161 g/mol. The molecule has 2 heteroatoms. The Kier molecular flexibility index (Phi) is 1.54. The van der Waals surface area contributed by atoms with Gasteiger partial charge in [-0.3, -0.25) is 0 Å². The predicted molar refractivity (Wildman–Crippen MR) is 48.8 cm³/mol. The average molecular weight is 161 g/mol. The maximum Gasteiger partial charge on any atom is 0.203 e. The zero-order valence-electron chi connectivity index (χ0n) is 6.37. The van der Waals surface area contributed by atoms with Crippen LogP contribution in [0.15, 0.2) is 30.0 Å². The third kappa shape index (κ3) is 1.09. The van der Waals surface area contributed by atoms with Crippen molar-refractivity contribution in [3.8, 4) is 0 Å². The fourth-order valence-corrected chi connectivity index (χ4v) is 1.48. The molecule has 1 radical (unpaired) electrons. The number of hydrogen-bond donors (Lipinski definition) is 0. The molecule has 11 heavy (non-hydrogen) atoms. The summed E-state index contributed by atoms with van der Waals surface area (Å²) < 4.78 is 5.24. The molecule has 1 aromatic carbocycles. The van der Waals surface area contributed by atoms with Crippen LogP contribution in [-0.4, -0.2) is 10.5 Å². The van der Waals surface area contributed by atoms with E-state index in [9.17, 15) is 0 Å². The number of benzene rings is 1. The highest BCUT2D eigenvalue weighted by Crippen LogP contribution is 2.25. The third-order valence-corrected chi connectivity index (χ3v) is 2.30. The normalized spacial score (nSPS) is 14.4. The van der Waals surface area contributed by atoms with Gasteiger partial charge in [-0.05, 0) is 17.2 Å². The molecule has 0 amide bonds. The summed E-state index contributed by atoms with van der Waals surface area (Å²) in [5, 5.41) is 0. The molecule has 0 aromatic heterocycles. The lowest BCUT2D eigenvalue weighted by molar-refractivity contribution is 0.491. The Morgan fingerprint density at radius 2 is 1.82 bits per heavy atom. The average Bonchev–Trinajstić information content (AvgIpc) is 2.46. The third-order valence-electron chi connectivity index (χ3n) is 1.83. The van der Waals surface area contributed by atoms with Crippen LogP contribution in [0, 0.1) is 6.42 Å². The van der Waals surface area contributed by atoms with Gasteiger partial charge in [-0.15, -0.1) is 0 Å². The van der Waals surface area contributed by atoms with Crippen molar-refractivity contribution in [1.82, 2.24) is 0 Å². The summed E-state index contributed by atoms with van der Waals surface area (Å²) in [6, 6.07) is 8.28. The summed E-state index contributed by atoms with van der Waals surface area (Å²) in [6.07, 6.45) is 4.14. The fourth-order valence-electron chi connectivity index (χ4n) is 1.24. The molecule has 0 saturated heterocycles. The van der Waals surface area contributed by atoms with Crippen LogP contribution in [-0.2, 0) is 4.43 Å². The lowest BCUT2D eigenvalue weighted by atomic mass is 10.1. The number of allylic oxidation sites excluding steroid dienone is 1. The summed E-state index contributed by atoms with van der Waals surface area (Å²) in [5.74, 6) is 0.998. The molecule has 2 rings (SSSR count). The maximum atomic E-state index is 5.24. The molecular weight excluding hydrogens is 152 g/mol. The first-order valence-corrected chi connectivity index (χ1v) is 4.41. The van der Waals surface area contributed by atoms with Crippen LogP contribution < -0.4 is 0 Å². The van der Waals surface area contributed by atoms with Crippen molar-refractivity contribution in [3.63, 3.8) is 0 Å². The van der Waals surface area contributed by atoms with Gasteiger partial charge in [0.1, 0.15) is 0 Å². The number of fused-ring (bicyclic) bond motifs is 1. The van der Waals surface area contributed by atoms with Crippen molar-refractivity contribution in [1.29, 1.82) is 0 Å². The second-order valence-electron chi connectivity index (χ2n) is 2.52. The van der Waals surface area contributed by atoms with Crippen LogP contribution in [0.4, 0.5) is 0 Å². The van der Waals surface area contributed by atoms with Gasteiger partial charge in [-0.25, -0.2) is 0 Å². The molecule has 0 unspecified atom stereocenters. The van der Waals surface area contributed by atoms with Crippen molar-refractivity contribution in [2.45, 2.75) is 0 Å². The van der Waals surface area contributed by atoms with Crippen molar-refractivity contribution >= 4 is 16.6 Å². The van der Waals surface area contributed by atoms with E-state index in [2.05, 4.69) is 24.6 Å². The Balaban J connectivity index is 2.39. The lowest BCUT2D eigenvalue weighted by Crippen LogP contribution is -1.83. The second kappa shape index (κ2) is 2.55. The van der Waals surface area contributed by atoms with Gasteiger partial charge in [0.15, 0.2) is 0 Å². The molecule has 55 valence electrons. The topological polar surface area (TPSA) is 9.23 Å². The van der Waals surface area contributed by atoms with Crippen LogP contribution in [0.5, 0.6) is 0 Å². The first kappa shape index (κ1) is 6.67. The van der Waals surface area contributed by atoms with Crippen LogP contribution >= 0.6 is 0 Å². The smallest absolute Gasteiger partial charge is 0.203 e. The van der Waals surface area contributed by atoms with Crippen LogP contribution in [0.25, 0.3) is 6.08 Å². The van der Waals surface area contributed by atoms with Crippen molar-refractivity contribution < 1.29 is 4.43 Å². The Morgan fingerprint density at radius 1 is 1.09 bits per heavy atom. The van der Waals surface area contributed by atoms with Crippen LogP contribution in [0.2, 0.25) is 0 Å². The minimum Gasteiger partial charge on any atom is -0.556 e. The Hall–Kier alpha value is -1.02. The zero-order valence-corrected chi connectivity index (χ0v) is 8.37. The summed E-state index contributed by atoms with van der Waals surface area (Å²) in [4.78, 5) is 0. The van der Waals surface area contributed by atoms with Crippen molar-refractivity contribution in [3.05, 3.63) is 47.6 Å². The van der Waals surface area contributed by atoms with E-state index in [0.717, 1.165) is 16.2 Å². The molecular formula is C9H9OSi. The van der Waals surface area contributed by atoms with Gasteiger partial charge in [0.2, 0.25) is 10.5 Å². The van der Waals surface area contributed by atoms with E-state index < -0.39 is 0 Å². The van der Waals surface area contributed by atoms with E-state index in [4.69, 9.17) is 4.43 Å². The van der Waals surface area contributed by atoms with Gasteiger partial charge in [0.05, 0.1) is 12.2 Å². The number of rotatable bonds is 1. The lowest BCUT2D eigenvalue weighted by Gasteiger charge is -1.97. The van der Waals surface area contributed by atoms with Gasteiger partial charge in [-0.1, -0.05) is 24.3 Å². The highest BCUT2D eigenvalue weighted by atomic mass is 28.2. The molecule has 0 bridgehead atoms. The van der Waals surface area contributed by atoms with Gasteiger partial charge in [-0.2, -0.15) is 0 Å². The highest BCUT2D eigenvalue weighted by molar-refractivity contribution is 5.99. The molecule has 0 spiro atoms.